The van der Waals surface area contributed by atoms with Crippen molar-refractivity contribution < 1.29 is 4.92 Å². The number of hydrogen-bond donors (Lipinski definition) is 1. The molecule has 0 atom stereocenters. The Morgan fingerprint density at radius 1 is 1.55 bits per heavy atom. The second-order valence-electron chi connectivity index (χ2n) is 5.06. The molecular formula is C13H16N4O2S. The van der Waals surface area contributed by atoms with Crippen LogP contribution in [0.3, 0.4) is 0 Å². The predicted molar refractivity (Wildman–Crippen MR) is 80.4 cm³/mol. The second kappa shape index (κ2) is 5.34. The van der Waals surface area contributed by atoms with Crippen molar-refractivity contribution in [3.05, 3.63) is 27.8 Å². The lowest BCUT2D eigenvalue weighted by Gasteiger charge is -2.16. The van der Waals surface area contributed by atoms with E-state index in [1.165, 1.54) is 24.2 Å². The summed E-state index contributed by atoms with van der Waals surface area (Å²) >= 11 is 1.42. The molecule has 20 heavy (non-hydrogen) atoms. The van der Waals surface area contributed by atoms with E-state index in [0.29, 0.717) is 23.8 Å². The Bertz CT molecular complexity index is 638. The van der Waals surface area contributed by atoms with Crippen LogP contribution in [0, 0.1) is 10.1 Å². The summed E-state index contributed by atoms with van der Waals surface area (Å²) in [5.74, 6) is 0. The third-order valence-electron chi connectivity index (χ3n) is 3.61. The summed E-state index contributed by atoms with van der Waals surface area (Å²) in [6, 6.07) is 4.36. The zero-order valence-corrected chi connectivity index (χ0v) is 12.0. The van der Waals surface area contributed by atoms with E-state index in [1.54, 1.807) is 11.6 Å². The number of anilines is 1. The van der Waals surface area contributed by atoms with Crippen LogP contribution < -0.4 is 5.32 Å². The number of rotatable bonds is 6. The van der Waals surface area contributed by atoms with Crippen molar-refractivity contribution in [3.63, 3.8) is 0 Å². The molecule has 0 spiro atoms. The molecule has 0 unspecified atom stereocenters. The molecule has 1 fully saturated rings. The first-order valence-electron chi connectivity index (χ1n) is 6.61. The summed E-state index contributed by atoms with van der Waals surface area (Å²) in [4.78, 5) is 17.3. The monoisotopic (exact) mass is 292 g/mol. The first-order chi connectivity index (χ1) is 9.66. The number of nitro groups is 1. The fourth-order valence-corrected chi connectivity index (χ4v) is 2.99. The molecule has 1 aromatic heterocycles. The van der Waals surface area contributed by atoms with Crippen molar-refractivity contribution in [3.8, 4) is 0 Å². The zero-order valence-electron chi connectivity index (χ0n) is 11.2. The van der Waals surface area contributed by atoms with Crippen molar-refractivity contribution in [2.24, 2.45) is 0 Å². The van der Waals surface area contributed by atoms with Gasteiger partial charge in [-0.1, -0.05) is 0 Å². The van der Waals surface area contributed by atoms with Gasteiger partial charge in [-0.15, -0.1) is 11.3 Å². The van der Waals surface area contributed by atoms with E-state index in [1.807, 2.05) is 6.07 Å². The maximum Gasteiger partial charge on any atom is 0.319 e. The SMILES string of the molecule is CN(CCNc1ccc2scnc2c1[N+](=O)[O-])C1CC1. The van der Waals surface area contributed by atoms with Crippen LogP contribution in [0.1, 0.15) is 12.8 Å². The number of thiazole rings is 1. The van der Waals surface area contributed by atoms with Crippen molar-refractivity contribution in [2.75, 3.05) is 25.5 Å². The van der Waals surface area contributed by atoms with Gasteiger partial charge in [0.2, 0.25) is 0 Å². The predicted octanol–water partition coefficient (Wildman–Crippen LogP) is 2.71. The number of fused-ring (bicyclic) bond motifs is 1. The summed E-state index contributed by atoms with van der Waals surface area (Å²) < 4.78 is 0.845. The largest absolute Gasteiger partial charge is 0.378 e. The first kappa shape index (κ1) is 13.3. The number of hydrogen-bond acceptors (Lipinski definition) is 6. The highest BCUT2D eigenvalue weighted by atomic mass is 32.1. The topological polar surface area (TPSA) is 71.3 Å². The average molecular weight is 292 g/mol. The standard InChI is InChI=1S/C13H16N4O2S/c1-16(9-2-3-9)7-6-14-10-4-5-11-12(15-8-20-11)13(10)17(18)19/h4-5,8-9,14H,2-3,6-7H2,1H3. The molecule has 3 rings (SSSR count). The summed E-state index contributed by atoms with van der Waals surface area (Å²) in [6.45, 7) is 1.58. The molecule has 1 aromatic carbocycles. The molecule has 1 N–H and O–H groups in total. The lowest BCUT2D eigenvalue weighted by molar-refractivity contribution is -0.382. The van der Waals surface area contributed by atoms with Gasteiger partial charge in [0.1, 0.15) is 5.69 Å². The van der Waals surface area contributed by atoms with Crippen molar-refractivity contribution in [2.45, 2.75) is 18.9 Å². The van der Waals surface area contributed by atoms with Crippen molar-refractivity contribution >= 4 is 32.9 Å². The van der Waals surface area contributed by atoms with Crippen LogP contribution in [0.2, 0.25) is 0 Å². The summed E-state index contributed by atoms with van der Waals surface area (Å²) in [5.41, 5.74) is 2.75. The molecule has 7 heteroatoms. The minimum Gasteiger partial charge on any atom is -0.378 e. The van der Waals surface area contributed by atoms with Gasteiger partial charge in [-0.3, -0.25) is 10.1 Å². The average Bonchev–Trinajstić information content (AvgIpc) is 3.16. The van der Waals surface area contributed by atoms with Crippen LogP contribution in [0.5, 0.6) is 0 Å². The molecule has 1 saturated carbocycles. The minimum absolute atomic E-state index is 0.0813. The molecule has 6 nitrogen and oxygen atoms in total. The molecule has 0 radical (unpaired) electrons. The van der Waals surface area contributed by atoms with Crippen LogP contribution >= 0.6 is 11.3 Å². The van der Waals surface area contributed by atoms with Gasteiger partial charge in [0.15, 0.2) is 5.52 Å². The first-order valence-corrected chi connectivity index (χ1v) is 7.49. The van der Waals surface area contributed by atoms with Gasteiger partial charge in [-0.2, -0.15) is 0 Å². The van der Waals surface area contributed by atoms with Gasteiger partial charge in [0.05, 0.1) is 15.1 Å². The molecule has 2 aromatic rings. The zero-order chi connectivity index (χ0) is 14.1. The highest BCUT2D eigenvalue weighted by molar-refractivity contribution is 7.16. The van der Waals surface area contributed by atoms with Gasteiger partial charge in [0, 0.05) is 19.1 Å². The van der Waals surface area contributed by atoms with E-state index in [9.17, 15) is 10.1 Å². The molecular weight excluding hydrogens is 276 g/mol. The Kier molecular flexibility index (Phi) is 3.54. The van der Waals surface area contributed by atoms with Crippen LogP contribution in [-0.2, 0) is 0 Å². The Balaban J connectivity index is 1.76. The number of nitro benzene ring substituents is 1. The van der Waals surface area contributed by atoms with Crippen LogP contribution in [0.15, 0.2) is 17.6 Å². The Labute approximate surface area is 120 Å². The van der Waals surface area contributed by atoms with Crippen LogP contribution in [0.25, 0.3) is 10.2 Å². The van der Waals surface area contributed by atoms with E-state index < -0.39 is 0 Å². The fourth-order valence-electron chi connectivity index (χ4n) is 2.31. The van der Waals surface area contributed by atoms with Crippen LogP contribution in [0.4, 0.5) is 11.4 Å². The van der Waals surface area contributed by atoms with Gasteiger partial charge >= 0.3 is 5.69 Å². The number of benzene rings is 1. The Hall–Kier alpha value is -1.73. The second-order valence-corrected chi connectivity index (χ2v) is 5.94. The summed E-state index contributed by atoms with van der Waals surface area (Å²) in [7, 11) is 2.09. The summed E-state index contributed by atoms with van der Waals surface area (Å²) in [5, 5.41) is 14.4. The molecule has 106 valence electrons. The van der Waals surface area contributed by atoms with Crippen molar-refractivity contribution in [1.82, 2.24) is 9.88 Å². The number of nitrogens with zero attached hydrogens (tertiary/aromatic N) is 3. The molecule has 0 bridgehead atoms. The molecule has 1 aliphatic carbocycles. The van der Waals surface area contributed by atoms with Gasteiger partial charge in [0.25, 0.3) is 0 Å². The number of likely N-dealkylation sites (N-methyl/N-ethyl adjacent to an activating group) is 1. The van der Waals surface area contributed by atoms with E-state index in [-0.39, 0.29) is 10.6 Å². The van der Waals surface area contributed by atoms with E-state index >= 15 is 0 Å². The smallest absolute Gasteiger partial charge is 0.319 e. The highest BCUT2D eigenvalue weighted by Gasteiger charge is 2.26. The lowest BCUT2D eigenvalue weighted by atomic mass is 10.2. The van der Waals surface area contributed by atoms with Gasteiger partial charge in [-0.05, 0) is 32.0 Å². The molecule has 0 aliphatic heterocycles. The third-order valence-corrected chi connectivity index (χ3v) is 4.40. The molecule has 1 heterocycles. The van der Waals surface area contributed by atoms with Crippen molar-refractivity contribution in [1.29, 1.82) is 0 Å². The molecule has 1 aliphatic rings. The Morgan fingerprint density at radius 2 is 2.35 bits per heavy atom. The van der Waals surface area contributed by atoms with E-state index in [4.69, 9.17) is 0 Å². The quantitative estimate of drug-likeness (QED) is 0.654. The minimum atomic E-state index is -0.352. The third kappa shape index (κ3) is 2.59. The van der Waals surface area contributed by atoms with Gasteiger partial charge in [-0.25, -0.2) is 4.98 Å². The van der Waals surface area contributed by atoms with Gasteiger partial charge < -0.3 is 10.2 Å². The maximum absolute atomic E-state index is 11.3. The Morgan fingerprint density at radius 3 is 3.05 bits per heavy atom. The normalized spacial score (nSPS) is 14.9. The molecule has 0 saturated heterocycles. The maximum atomic E-state index is 11.3. The van der Waals surface area contributed by atoms with E-state index in [2.05, 4.69) is 22.2 Å². The number of aromatic nitrogens is 1. The summed E-state index contributed by atoms with van der Waals surface area (Å²) in [6.07, 6.45) is 2.53. The number of nitrogens with one attached hydrogen (secondary N) is 1. The fraction of sp³-hybridized carbons (Fsp3) is 0.462. The highest BCUT2D eigenvalue weighted by Crippen LogP contribution is 2.34. The van der Waals surface area contributed by atoms with Crippen LogP contribution in [-0.4, -0.2) is 41.0 Å². The lowest BCUT2D eigenvalue weighted by Crippen LogP contribution is -2.27. The molecule has 0 amide bonds. The van der Waals surface area contributed by atoms with E-state index in [0.717, 1.165) is 11.2 Å².